The van der Waals surface area contributed by atoms with Gasteiger partial charge in [-0.3, -0.25) is 14.6 Å². The summed E-state index contributed by atoms with van der Waals surface area (Å²) in [6.07, 6.45) is -2.42. The van der Waals surface area contributed by atoms with Crippen LogP contribution in [-0.2, 0) is 14.3 Å². The summed E-state index contributed by atoms with van der Waals surface area (Å²) in [5, 5.41) is 2.53. The van der Waals surface area contributed by atoms with Gasteiger partial charge < -0.3 is 26.3 Å². The Bertz CT molecular complexity index is 1130. The van der Waals surface area contributed by atoms with Crippen molar-refractivity contribution in [1.82, 2.24) is 5.32 Å². The summed E-state index contributed by atoms with van der Waals surface area (Å²) >= 11 is 0. The van der Waals surface area contributed by atoms with Crippen LogP contribution < -0.4 is 26.6 Å². The third-order valence-electron chi connectivity index (χ3n) is 5.54. The first kappa shape index (κ1) is 23.4. The minimum atomic E-state index is -0.749. The third kappa shape index (κ3) is 4.63. The van der Waals surface area contributed by atoms with E-state index in [1.807, 2.05) is 0 Å². The first-order valence-corrected chi connectivity index (χ1v) is 10.5. The second kappa shape index (κ2) is 9.61. The highest BCUT2D eigenvalue weighted by molar-refractivity contribution is 5.91. The number of ether oxygens (including phenoxy) is 2. The minimum Gasteiger partial charge on any atom is -0.443 e. The van der Waals surface area contributed by atoms with Crippen LogP contribution in [-0.4, -0.2) is 63.0 Å². The van der Waals surface area contributed by atoms with Crippen molar-refractivity contribution in [3.63, 3.8) is 0 Å². The molecule has 0 aromatic heterocycles. The molecule has 2 saturated heterocycles. The number of anilines is 2. The van der Waals surface area contributed by atoms with Crippen LogP contribution in [0, 0.1) is 11.6 Å². The fourth-order valence-electron chi connectivity index (χ4n) is 3.77. The van der Waals surface area contributed by atoms with Crippen LogP contribution in [0.4, 0.5) is 29.7 Å². The van der Waals surface area contributed by atoms with E-state index in [4.69, 9.17) is 20.9 Å². The number of carbonyl (C=O) groups is 3. The molecule has 2 atom stereocenters. The highest BCUT2D eigenvalue weighted by Gasteiger charge is 2.34. The van der Waals surface area contributed by atoms with Crippen molar-refractivity contribution in [1.29, 1.82) is 0 Å². The molecule has 2 aliphatic rings. The van der Waals surface area contributed by atoms with E-state index in [0.717, 1.165) is 12.1 Å². The number of halogens is 2. The lowest BCUT2D eigenvalue weighted by atomic mass is 10.0. The van der Waals surface area contributed by atoms with Crippen LogP contribution in [0.5, 0.6) is 0 Å². The summed E-state index contributed by atoms with van der Waals surface area (Å²) in [4.78, 5) is 37.9. The predicted molar refractivity (Wildman–Crippen MR) is 118 cm³/mol. The number of nitrogens with zero attached hydrogens (tertiary/aromatic N) is 2. The van der Waals surface area contributed by atoms with Gasteiger partial charge >= 0.3 is 12.2 Å². The molecule has 2 aromatic carbocycles. The second-order valence-corrected chi connectivity index (χ2v) is 7.80. The van der Waals surface area contributed by atoms with Crippen molar-refractivity contribution >= 4 is 29.5 Å². The van der Waals surface area contributed by atoms with Crippen molar-refractivity contribution in [2.24, 2.45) is 11.5 Å². The maximum Gasteiger partial charge on any atom is 0.414 e. The Hall–Kier alpha value is -3.77. The standard InChI is InChI=1S/C22H23F2N5O5/c23-18-5-12(28-10-14(7-25)33-21(28)31)1-3-16(18)17-4-2-13(6-19(17)24)29-11-15(34-22(29)32)9-27-20(30)8-26/h1-6,14-15H,7-11,25-26H2,(H,27,30)/t14-,15+/m1/s1. The normalized spacial score (nSPS) is 19.9. The van der Waals surface area contributed by atoms with E-state index < -0.39 is 41.9 Å². The molecule has 12 heteroatoms. The quantitative estimate of drug-likeness (QED) is 0.549. The molecular formula is C22H23F2N5O5. The number of amides is 3. The fraction of sp³-hybridized carbons (Fsp3) is 0.318. The van der Waals surface area contributed by atoms with Crippen molar-refractivity contribution in [2.75, 3.05) is 42.5 Å². The number of benzene rings is 2. The molecule has 0 radical (unpaired) electrons. The summed E-state index contributed by atoms with van der Waals surface area (Å²) in [6.45, 7) is 0.327. The molecule has 2 aliphatic heterocycles. The Labute approximate surface area is 193 Å². The van der Waals surface area contributed by atoms with E-state index in [1.54, 1.807) is 0 Å². The summed E-state index contributed by atoms with van der Waals surface area (Å²) in [6, 6.07) is 7.91. The predicted octanol–water partition coefficient (Wildman–Crippen LogP) is 1.32. The van der Waals surface area contributed by atoms with Crippen LogP contribution in [0.2, 0.25) is 0 Å². The van der Waals surface area contributed by atoms with E-state index in [0.29, 0.717) is 0 Å². The average Bonchev–Trinajstić information content (AvgIpc) is 3.39. The minimum absolute atomic E-state index is 0.0119. The molecule has 0 bridgehead atoms. The summed E-state index contributed by atoms with van der Waals surface area (Å²) < 4.78 is 40.1. The Kier molecular flexibility index (Phi) is 6.61. The maximum atomic E-state index is 14.9. The molecular weight excluding hydrogens is 452 g/mol. The first-order valence-electron chi connectivity index (χ1n) is 10.5. The van der Waals surface area contributed by atoms with Crippen LogP contribution in [0.3, 0.4) is 0 Å². The molecule has 4 rings (SSSR count). The van der Waals surface area contributed by atoms with Crippen LogP contribution in [0.1, 0.15) is 0 Å². The van der Waals surface area contributed by atoms with Gasteiger partial charge in [-0.2, -0.15) is 0 Å². The number of nitrogens with two attached hydrogens (primary N) is 2. The first-order chi connectivity index (χ1) is 16.3. The molecule has 2 fully saturated rings. The number of carbonyl (C=O) groups excluding carboxylic acids is 3. The van der Waals surface area contributed by atoms with Gasteiger partial charge in [-0.05, 0) is 36.4 Å². The van der Waals surface area contributed by atoms with Gasteiger partial charge in [0.2, 0.25) is 5.91 Å². The summed E-state index contributed by atoms with van der Waals surface area (Å²) in [5.74, 6) is -1.87. The van der Waals surface area contributed by atoms with E-state index >= 15 is 0 Å². The second-order valence-electron chi connectivity index (χ2n) is 7.80. The van der Waals surface area contributed by atoms with Crippen molar-refractivity contribution in [2.45, 2.75) is 12.2 Å². The zero-order valence-electron chi connectivity index (χ0n) is 18.0. The number of hydrogen-bond acceptors (Lipinski definition) is 7. The lowest BCUT2D eigenvalue weighted by Crippen LogP contribution is -2.37. The SMILES string of the molecule is NCC(=O)NC[C@H]1CN(c2ccc(-c3ccc(N4C[C@@H](CN)OC4=O)cc3F)c(F)c2)C(=O)O1. The summed E-state index contributed by atoms with van der Waals surface area (Å²) in [5.41, 5.74) is 11.2. The van der Waals surface area contributed by atoms with Gasteiger partial charge in [-0.1, -0.05) is 0 Å². The zero-order chi connectivity index (χ0) is 24.4. The Balaban J connectivity index is 1.50. The van der Waals surface area contributed by atoms with Crippen LogP contribution >= 0.6 is 0 Å². The van der Waals surface area contributed by atoms with Crippen LogP contribution in [0.25, 0.3) is 11.1 Å². The van der Waals surface area contributed by atoms with Gasteiger partial charge in [0, 0.05) is 17.7 Å². The number of rotatable bonds is 7. The molecule has 0 unspecified atom stereocenters. The van der Waals surface area contributed by atoms with E-state index in [9.17, 15) is 23.2 Å². The average molecular weight is 475 g/mol. The molecule has 180 valence electrons. The molecule has 0 spiro atoms. The topological polar surface area (TPSA) is 140 Å². The Morgan fingerprint density at radius 3 is 1.85 bits per heavy atom. The van der Waals surface area contributed by atoms with Gasteiger partial charge in [-0.15, -0.1) is 0 Å². The Morgan fingerprint density at radius 1 is 0.912 bits per heavy atom. The third-order valence-corrected chi connectivity index (χ3v) is 5.54. The van der Waals surface area contributed by atoms with Crippen molar-refractivity contribution in [3.05, 3.63) is 48.0 Å². The number of nitrogens with one attached hydrogen (secondary N) is 1. The number of cyclic esters (lactones) is 2. The number of hydrogen-bond donors (Lipinski definition) is 3. The Morgan fingerprint density at radius 2 is 1.41 bits per heavy atom. The van der Waals surface area contributed by atoms with Gasteiger partial charge in [0.25, 0.3) is 0 Å². The highest BCUT2D eigenvalue weighted by atomic mass is 19.1. The van der Waals surface area contributed by atoms with Gasteiger partial charge in [0.05, 0.1) is 37.6 Å². The highest BCUT2D eigenvalue weighted by Crippen LogP contribution is 2.33. The molecule has 10 nitrogen and oxygen atoms in total. The molecule has 2 heterocycles. The fourth-order valence-corrected chi connectivity index (χ4v) is 3.77. The maximum absolute atomic E-state index is 14.9. The monoisotopic (exact) mass is 475 g/mol. The molecule has 34 heavy (non-hydrogen) atoms. The summed E-state index contributed by atoms with van der Waals surface area (Å²) in [7, 11) is 0. The zero-order valence-corrected chi connectivity index (χ0v) is 18.0. The van der Waals surface area contributed by atoms with E-state index in [2.05, 4.69) is 5.32 Å². The molecule has 3 amide bonds. The van der Waals surface area contributed by atoms with Gasteiger partial charge in [0.1, 0.15) is 23.8 Å². The van der Waals surface area contributed by atoms with E-state index in [1.165, 1.54) is 34.1 Å². The molecule has 2 aromatic rings. The lowest BCUT2D eigenvalue weighted by Gasteiger charge is -2.16. The van der Waals surface area contributed by atoms with Gasteiger partial charge in [0.15, 0.2) is 0 Å². The van der Waals surface area contributed by atoms with Crippen LogP contribution in [0.15, 0.2) is 36.4 Å². The van der Waals surface area contributed by atoms with Crippen molar-refractivity contribution < 1.29 is 32.6 Å². The molecule has 5 N–H and O–H groups in total. The van der Waals surface area contributed by atoms with Crippen molar-refractivity contribution in [3.8, 4) is 11.1 Å². The van der Waals surface area contributed by atoms with E-state index in [-0.39, 0.29) is 55.2 Å². The van der Waals surface area contributed by atoms with Gasteiger partial charge in [-0.25, -0.2) is 18.4 Å². The lowest BCUT2D eigenvalue weighted by molar-refractivity contribution is -0.120. The smallest absolute Gasteiger partial charge is 0.414 e. The molecule has 0 saturated carbocycles. The largest absolute Gasteiger partial charge is 0.443 e. The molecule has 0 aliphatic carbocycles.